The Kier molecular flexibility index (Phi) is 3.17. The summed E-state index contributed by atoms with van der Waals surface area (Å²) in [7, 11) is 0. The molecular weight excluding hydrogens is 186 g/mol. The molecule has 1 aliphatic carbocycles. The summed E-state index contributed by atoms with van der Waals surface area (Å²) >= 11 is 0. The predicted molar refractivity (Wildman–Crippen MR) is 62.1 cm³/mol. The maximum atomic E-state index is 9.65. The molecule has 0 aromatic heterocycles. The second kappa shape index (κ2) is 4.58. The van der Waals surface area contributed by atoms with Crippen LogP contribution in [0.25, 0.3) is 0 Å². The van der Waals surface area contributed by atoms with Crippen LogP contribution in [0.15, 0.2) is 35.3 Å². The van der Waals surface area contributed by atoms with Crippen molar-refractivity contribution in [2.75, 3.05) is 0 Å². The molecule has 0 aliphatic heterocycles. The van der Waals surface area contributed by atoms with Crippen molar-refractivity contribution in [2.24, 2.45) is 4.99 Å². The zero-order valence-corrected chi connectivity index (χ0v) is 9.06. The molecule has 0 heterocycles. The molecule has 1 fully saturated rings. The Bertz CT molecular complexity index is 345. The van der Waals surface area contributed by atoms with E-state index in [9.17, 15) is 5.11 Å². The lowest BCUT2D eigenvalue weighted by molar-refractivity contribution is 0.241. The van der Waals surface area contributed by atoms with Gasteiger partial charge in [0.25, 0.3) is 0 Å². The van der Waals surface area contributed by atoms with Crippen LogP contribution in [0.5, 0.6) is 0 Å². The number of aliphatic hydroxyl groups excluding tert-OH is 1. The van der Waals surface area contributed by atoms with E-state index in [-0.39, 0.29) is 12.1 Å². The minimum absolute atomic E-state index is 0.161. The van der Waals surface area contributed by atoms with E-state index in [1.54, 1.807) is 0 Å². The van der Waals surface area contributed by atoms with Gasteiger partial charge in [-0.1, -0.05) is 30.3 Å². The lowest BCUT2D eigenvalue weighted by atomic mass is 10.1. The van der Waals surface area contributed by atoms with Crippen LogP contribution in [-0.2, 0) is 0 Å². The summed E-state index contributed by atoms with van der Waals surface area (Å²) in [6.07, 6.45) is 2.61. The van der Waals surface area contributed by atoms with Crippen LogP contribution in [0, 0.1) is 0 Å². The SMILES string of the molecule is C[C@H](N=C1CCC[C@@H]1O)c1ccccc1. The highest BCUT2D eigenvalue weighted by Gasteiger charge is 2.20. The molecule has 80 valence electrons. The number of nitrogens with zero attached hydrogens (tertiary/aromatic N) is 1. The first-order valence-electron chi connectivity index (χ1n) is 5.57. The highest BCUT2D eigenvalue weighted by atomic mass is 16.3. The van der Waals surface area contributed by atoms with E-state index in [0.29, 0.717) is 0 Å². The van der Waals surface area contributed by atoms with Crippen molar-refractivity contribution in [3.8, 4) is 0 Å². The average Bonchev–Trinajstić information content (AvgIpc) is 2.66. The summed E-state index contributed by atoms with van der Waals surface area (Å²) in [6, 6.07) is 10.4. The predicted octanol–water partition coefficient (Wildman–Crippen LogP) is 2.73. The van der Waals surface area contributed by atoms with Crippen molar-refractivity contribution in [3.05, 3.63) is 35.9 Å². The molecular formula is C13H17NO. The standard InChI is InChI=1S/C13H17NO/c1-10(11-6-3-2-4-7-11)14-12-8-5-9-13(12)15/h2-4,6-7,10,13,15H,5,8-9H2,1H3/t10-,13-/m0/s1. The van der Waals surface area contributed by atoms with Crippen molar-refractivity contribution >= 4 is 5.71 Å². The first kappa shape index (κ1) is 10.4. The van der Waals surface area contributed by atoms with Crippen LogP contribution >= 0.6 is 0 Å². The number of hydrogen-bond donors (Lipinski definition) is 1. The minimum atomic E-state index is -0.295. The second-order valence-corrected chi connectivity index (χ2v) is 4.12. The van der Waals surface area contributed by atoms with Crippen molar-refractivity contribution in [2.45, 2.75) is 38.3 Å². The highest BCUT2D eigenvalue weighted by molar-refractivity contribution is 5.90. The van der Waals surface area contributed by atoms with Gasteiger partial charge in [0.05, 0.1) is 12.1 Å². The quantitative estimate of drug-likeness (QED) is 0.787. The van der Waals surface area contributed by atoms with E-state index >= 15 is 0 Å². The lowest BCUT2D eigenvalue weighted by Crippen LogP contribution is -2.13. The molecule has 1 N–H and O–H groups in total. The van der Waals surface area contributed by atoms with Crippen molar-refractivity contribution in [1.82, 2.24) is 0 Å². The number of rotatable bonds is 2. The van der Waals surface area contributed by atoms with E-state index in [0.717, 1.165) is 25.0 Å². The normalized spacial score (nSPS) is 25.7. The molecule has 0 amide bonds. The Balaban J connectivity index is 2.12. The van der Waals surface area contributed by atoms with E-state index in [2.05, 4.69) is 24.0 Å². The van der Waals surface area contributed by atoms with Gasteiger partial charge in [-0.2, -0.15) is 0 Å². The Morgan fingerprint density at radius 1 is 1.33 bits per heavy atom. The largest absolute Gasteiger partial charge is 0.387 e. The summed E-state index contributed by atoms with van der Waals surface area (Å²) in [5, 5.41) is 9.65. The molecule has 2 nitrogen and oxygen atoms in total. The highest BCUT2D eigenvalue weighted by Crippen LogP contribution is 2.22. The lowest BCUT2D eigenvalue weighted by Gasteiger charge is -2.10. The van der Waals surface area contributed by atoms with Crippen LogP contribution < -0.4 is 0 Å². The molecule has 0 saturated heterocycles. The molecule has 2 rings (SSSR count). The third-order valence-electron chi connectivity index (χ3n) is 2.94. The van der Waals surface area contributed by atoms with Gasteiger partial charge in [0.1, 0.15) is 0 Å². The van der Waals surface area contributed by atoms with Crippen LogP contribution in [0.2, 0.25) is 0 Å². The van der Waals surface area contributed by atoms with Gasteiger partial charge < -0.3 is 5.11 Å². The zero-order valence-electron chi connectivity index (χ0n) is 9.06. The average molecular weight is 203 g/mol. The van der Waals surface area contributed by atoms with Crippen LogP contribution in [0.4, 0.5) is 0 Å². The maximum absolute atomic E-state index is 9.65. The molecule has 0 radical (unpaired) electrons. The monoisotopic (exact) mass is 203 g/mol. The molecule has 1 aromatic carbocycles. The summed E-state index contributed by atoms with van der Waals surface area (Å²) in [6.45, 7) is 2.08. The van der Waals surface area contributed by atoms with Gasteiger partial charge in [0.15, 0.2) is 0 Å². The summed E-state index contributed by atoms with van der Waals surface area (Å²) in [5.41, 5.74) is 2.19. The van der Waals surface area contributed by atoms with E-state index in [1.807, 2.05) is 18.2 Å². The Morgan fingerprint density at radius 2 is 2.07 bits per heavy atom. The third-order valence-corrected chi connectivity index (χ3v) is 2.94. The smallest absolute Gasteiger partial charge is 0.0916 e. The number of aliphatic imine (C=N–C) groups is 1. The van der Waals surface area contributed by atoms with Crippen molar-refractivity contribution in [3.63, 3.8) is 0 Å². The van der Waals surface area contributed by atoms with Gasteiger partial charge in [-0.15, -0.1) is 0 Å². The molecule has 0 spiro atoms. The summed E-state index contributed by atoms with van der Waals surface area (Å²) in [4.78, 5) is 4.59. The van der Waals surface area contributed by atoms with Gasteiger partial charge in [-0.3, -0.25) is 4.99 Å². The molecule has 2 heteroatoms. The van der Waals surface area contributed by atoms with Gasteiger partial charge in [-0.05, 0) is 31.7 Å². The fourth-order valence-electron chi connectivity index (χ4n) is 2.02. The zero-order chi connectivity index (χ0) is 10.7. The van der Waals surface area contributed by atoms with E-state index < -0.39 is 0 Å². The molecule has 1 aliphatic rings. The second-order valence-electron chi connectivity index (χ2n) is 4.12. The van der Waals surface area contributed by atoms with Crippen molar-refractivity contribution in [1.29, 1.82) is 0 Å². The molecule has 1 aromatic rings. The molecule has 0 bridgehead atoms. The van der Waals surface area contributed by atoms with E-state index in [4.69, 9.17) is 0 Å². The van der Waals surface area contributed by atoms with Gasteiger partial charge in [0, 0.05) is 5.71 Å². The molecule has 0 unspecified atom stereocenters. The van der Waals surface area contributed by atoms with Crippen LogP contribution in [0.3, 0.4) is 0 Å². The minimum Gasteiger partial charge on any atom is -0.387 e. The Labute approximate surface area is 90.7 Å². The van der Waals surface area contributed by atoms with Gasteiger partial charge in [0.2, 0.25) is 0 Å². The summed E-state index contributed by atoms with van der Waals surface area (Å²) < 4.78 is 0. The maximum Gasteiger partial charge on any atom is 0.0916 e. The number of benzene rings is 1. The Morgan fingerprint density at radius 3 is 2.67 bits per heavy atom. The fourth-order valence-corrected chi connectivity index (χ4v) is 2.02. The summed E-state index contributed by atoms with van der Waals surface area (Å²) in [5.74, 6) is 0. The van der Waals surface area contributed by atoms with Gasteiger partial charge in [-0.25, -0.2) is 0 Å². The molecule has 2 atom stereocenters. The molecule has 15 heavy (non-hydrogen) atoms. The fraction of sp³-hybridized carbons (Fsp3) is 0.462. The number of hydrogen-bond acceptors (Lipinski definition) is 2. The number of aliphatic hydroxyl groups is 1. The van der Waals surface area contributed by atoms with Gasteiger partial charge >= 0.3 is 0 Å². The topological polar surface area (TPSA) is 32.6 Å². The Hall–Kier alpha value is -1.15. The third kappa shape index (κ3) is 2.45. The van der Waals surface area contributed by atoms with Crippen LogP contribution in [0.1, 0.15) is 37.8 Å². The first-order chi connectivity index (χ1) is 7.27. The van der Waals surface area contributed by atoms with Crippen LogP contribution in [-0.4, -0.2) is 16.9 Å². The van der Waals surface area contributed by atoms with E-state index in [1.165, 1.54) is 5.56 Å². The molecule has 1 saturated carbocycles. The van der Waals surface area contributed by atoms with Crippen molar-refractivity contribution < 1.29 is 5.11 Å². The first-order valence-corrected chi connectivity index (χ1v) is 5.57.